The number of aromatic amines is 1. The molecule has 1 atom stereocenters. The fraction of sp³-hybridized carbons (Fsp3) is 0.318. The Balaban J connectivity index is 0.000000968. The number of halogens is 5. The van der Waals surface area contributed by atoms with Gasteiger partial charge in [-0.05, 0) is 48.4 Å². The van der Waals surface area contributed by atoms with Crippen LogP contribution in [0.3, 0.4) is 0 Å². The third-order valence-electron chi connectivity index (χ3n) is 5.50. The van der Waals surface area contributed by atoms with Gasteiger partial charge < -0.3 is 20.5 Å². The Morgan fingerprint density at radius 2 is 1.94 bits per heavy atom. The van der Waals surface area contributed by atoms with Crippen LogP contribution in [-0.2, 0) is 17.4 Å². The molecular weight excluding hydrogens is 482 g/mol. The molecule has 0 bridgehead atoms. The van der Waals surface area contributed by atoms with Crippen molar-refractivity contribution in [3.05, 3.63) is 63.3 Å². The number of aliphatic hydroxyl groups excluding tert-OH is 1. The lowest BCUT2D eigenvalue weighted by Gasteiger charge is -2.34. The van der Waals surface area contributed by atoms with Crippen LogP contribution in [0.2, 0.25) is 10.0 Å². The van der Waals surface area contributed by atoms with E-state index in [2.05, 4.69) is 15.2 Å². The van der Waals surface area contributed by atoms with E-state index in [4.69, 9.17) is 33.1 Å². The SMILES string of the molecule is O=CO.OCC1c2[nH]c3ccc(Cl)cc3c2CCN1CCNc1ccc(Cl)c(C(F)(F)F)c1. The van der Waals surface area contributed by atoms with Crippen molar-refractivity contribution in [1.29, 1.82) is 0 Å². The lowest BCUT2D eigenvalue weighted by Crippen LogP contribution is -2.40. The molecule has 0 saturated carbocycles. The van der Waals surface area contributed by atoms with Crippen LogP contribution < -0.4 is 5.32 Å². The molecule has 3 aromatic rings. The molecule has 1 aliphatic heterocycles. The monoisotopic (exact) mass is 503 g/mol. The summed E-state index contributed by atoms with van der Waals surface area (Å²) in [5, 5.41) is 21.3. The van der Waals surface area contributed by atoms with E-state index in [9.17, 15) is 18.3 Å². The van der Waals surface area contributed by atoms with Crippen LogP contribution in [-0.4, -0.2) is 52.8 Å². The number of aromatic nitrogens is 1. The highest BCUT2D eigenvalue weighted by Crippen LogP contribution is 2.37. The van der Waals surface area contributed by atoms with E-state index in [0.29, 0.717) is 23.8 Å². The Kier molecular flexibility index (Phi) is 8.12. The predicted molar refractivity (Wildman–Crippen MR) is 122 cm³/mol. The molecule has 11 heteroatoms. The van der Waals surface area contributed by atoms with Gasteiger partial charge in [0, 0.05) is 46.9 Å². The summed E-state index contributed by atoms with van der Waals surface area (Å²) >= 11 is 11.8. The summed E-state index contributed by atoms with van der Waals surface area (Å²) in [5.41, 5.74) is 2.59. The highest BCUT2D eigenvalue weighted by molar-refractivity contribution is 6.31. The Morgan fingerprint density at radius 3 is 2.61 bits per heavy atom. The second kappa shape index (κ2) is 10.6. The maximum atomic E-state index is 13.0. The number of hydrogen-bond acceptors (Lipinski definition) is 4. The molecule has 0 aliphatic carbocycles. The number of carboxylic acid groups (broad SMARTS) is 1. The van der Waals surface area contributed by atoms with Crippen LogP contribution >= 0.6 is 23.2 Å². The predicted octanol–water partition coefficient (Wildman–Crippen LogP) is 5.20. The zero-order valence-electron chi connectivity index (χ0n) is 17.3. The fourth-order valence-corrected chi connectivity index (χ4v) is 4.46. The van der Waals surface area contributed by atoms with Crippen molar-refractivity contribution in [3.8, 4) is 0 Å². The van der Waals surface area contributed by atoms with Crippen molar-refractivity contribution in [1.82, 2.24) is 9.88 Å². The van der Waals surface area contributed by atoms with E-state index >= 15 is 0 Å². The number of anilines is 1. The van der Waals surface area contributed by atoms with Gasteiger partial charge in [0.15, 0.2) is 0 Å². The van der Waals surface area contributed by atoms with Crippen LogP contribution in [0.4, 0.5) is 18.9 Å². The van der Waals surface area contributed by atoms with Crippen molar-refractivity contribution in [3.63, 3.8) is 0 Å². The summed E-state index contributed by atoms with van der Waals surface area (Å²) < 4.78 is 39.1. The smallest absolute Gasteiger partial charge is 0.417 e. The van der Waals surface area contributed by atoms with Crippen LogP contribution in [0.25, 0.3) is 10.9 Å². The molecule has 4 rings (SSSR count). The third kappa shape index (κ3) is 5.73. The van der Waals surface area contributed by atoms with Crippen molar-refractivity contribution in [2.45, 2.75) is 18.6 Å². The minimum atomic E-state index is -4.50. The summed E-state index contributed by atoms with van der Waals surface area (Å²) in [4.78, 5) is 13.9. The highest BCUT2D eigenvalue weighted by atomic mass is 35.5. The summed E-state index contributed by atoms with van der Waals surface area (Å²) in [6, 6.07) is 9.25. The molecule has 33 heavy (non-hydrogen) atoms. The van der Waals surface area contributed by atoms with E-state index in [0.717, 1.165) is 41.2 Å². The average molecular weight is 504 g/mol. The number of nitrogens with one attached hydrogen (secondary N) is 2. The van der Waals surface area contributed by atoms with Crippen molar-refractivity contribution < 1.29 is 28.2 Å². The zero-order chi connectivity index (χ0) is 24.2. The van der Waals surface area contributed by atoms with Gasteiger partial charge in [0.05, 0.1) is 23.2 Å². The van der Waals surface area contributed by atoms with Gasteiger partial charge in [-0.2, -0.15) is 13.2 Å². The maximum absolute atomic E-state index is 13.0. The minimum absolute atomic E-state index is 0.0628. The third-order valence-corrected chi connectivity index (χ3v) is 6.06. The first-order valence-electron chi connectivity index (χ1n) is 10.0. The molecule has 1 unspecified atom stereocenters. The Labute approximate surface area is 197 Å². The minimum Gasteiger partial charge on any atom is -0.483 e. The molecule has 1 aliphatic rings. The molecule has 0 amide bonds. The molecule has 2 aromatic carbocycles. The van der Waals surface area contributed by atoms with Gasteiger partial charge in [0.1, 0.15) is 0 Å². The number of alkyl halides is 3. The summed E-state index contributed by atoms with van der Waals surface area (Å²) in [6.07, 6.45) is -3.70. The van der Waals surface area contributed by atoms with Crippen LogP contribution in [0, 0.1) is 0 Å². The second-order valence-electron chi connectivity index (χ2n) is 7.42. The lowest BCUT2D eigenvalue weighted by atomic mass is 9.97. The van der Waals surface area contributed by atoms with Crippen LogP contribution in [0.15, 0.2) is 36.4 Å². The van der Waals surface area contributed by atoms with Gasteiger partial charge >= 0.3 is 6.18 Å². The molecule has 1 aromatic heterocycles. The average Bonchev–Trinajstić information content (AvgIpc) is 3.12. The standard InChI is InChI=1S/C21H20Cl2F3N3O.CH2O2/c22-12-1-4-18-15(9-12)14-5-7-29(19(11-30)20(14)28-18)8-6-27-13-2-3-17(23)16(10-13)21(24,25)26;2-1-3/h1-4,9-10,19,27-28,30H,5-8,11H2;1H,(H,2,3). The molecule has 4 N–H and O–H groups in total. The number of rotatable bonds is 5. The van der Waals surface area contributed by atoms with Crippen LogP contribution in [0.5, 0.6) is 0 Å². The summed E-state index contributed by atoms with van der Waals surface area (Å²) in [6.45, 7) is 1.40. The van der Waals surface area contributed by atoms with E-state index in [-0.39, 0.29) is 24.1 Å². The normalized spacial score (nSPS) is 16.1. The molecule has 6 nitrogen and oxygen atoms in total. The first-order valence-corrected chi connectivity index (χ1v) is 10.8. The zero-order valence-corrected chi connectivity index (χ0v) is 18.8. The van der Waals surface area contributed by atoms with Gasteiger partial charge in [-0.15, -0.1) is 0 Å². The fourth-order valence-electron chi connectivity index (χ4n) is 4.06. The first-order chi connectivity index (χ1) is 15.7. The molecule has 0 saturated heterocycles. The Bertz CT molecular complexity index is 1120. The molecule has 0 radical (unpaired) electrons. The van der Waals surface area contributed by atoms with E-state index in [1.54, 1.807) is 0 Å². The summed E-state index contributed by atoms with van der Waals surface area (Å²) in [7, 11) is 0. The van der Waals surface area contributed by atoms with Gasteiger partial charge in [0.25, 0.3) is 6.47 Å². The van der Waals surface area contributed by atoms with Crippen molar-refractivity contribution in [2.75, 3.05) is 31.6 Å². The number of benzene rings is 2. The lowest BCUT2D eigenvalue weighted by molar-refractivity contribution is -0.137. The molecule has 0 spiro atoms. The maximum Gasteiger partial charge on any atom is 0.417 e. The van der Waals surface area contributed by atoms with E-state index in [1.807, 2.05) is 18.2 Å². The molecular formula is C22H22Cl2F3N3O3. The number of fused-ring (bicyclic) bond motifs is 3. The summed E-state index contributed by atoms with van der Waals surface area (Å²) in [5.74, 6) is 0. The Morgan fingerprint density at radius 1 is 1.21 bits per heavy atom. The van der Waals surface area contributed by atoms with E-state index in [1.165, 1.54) is 12.1 Å². The highest BCUT2D eigenvalue weighted by Gasteiger charge is 2.33. The number of carbonyl (C=O) groups is 1. The van der Waals surface area contributed by atoms with Gasteiger partial charge in [0.2, 0.25) is 0 Å². The van der Waals surface area contributed by atoms with Gasteiger partial charge in [-0.3, -0.25) is 9.69 Å². The topological polar surface area (TPSA) is 88.6 Å². The number of hydrogen-bond donors (Lipinski definition) is 4. The second-order valence-corrected chi connectivity index (χ2v) is 8.26. The Hall–Kier alpha value is -2.46. The van der Waals surface area contributed by atoms with Crippen molar-refractivity contribution in [2.24, 2.45) is 0 Å². The van der Waals surface area contributed by atoms with Gasteiger partial charge in [-0.1, -0.05) is 23.2 Å². The first kappa shape index (κ1) is 25.2. The molecule has 0 fully saturated rings. The van der Waals surface area contributed by atoms with Gasteiger partial charge in [-0.25, -0.2) is 0 Å². The number of aliphatic hydroxyl groups is 1. The largest absolute Gasteiger partial charge is 0.483 e. The van der Waals surface area contributed by atoms with E-state index < -0.39 is 11.7 Å². The quantitative estimate of drug-likeness (QED) is 0.359. The number of H-pyrrole nitrogens is 1. The molecule has 2 heterocycles. The van der Waals surface area contributed by atoms with Crippen molar-refractivity contribution >= 4 is 46.3 Å². The number of nitrogens with zero attached hydrogens (tertiary/aromatic N) is 1. The van der Waals surface area contributed by atoms with Crippen LogP contribution in [0.1, 0.15) is 22.9 Å². The molecule has 178 valence electrons.